The van der Waals surface area contributed by atoms with E-state index in [1.807, 2.05) is 4.90 Å². The highest BCUT2D eigenvalue weighted by atomic mass is 32.1. The summed E-state index contributed by atoms with van der Waals surface area (Å²) >= 11 is 5.09. The molecule has 17 heavy (non-hydrogen) atoms. The molecule has 2 N–H and O–H groups in total. The predicted octanol–water partition coefficient (Wildman–Crippen LogP) is 1.26. The minimum atomic E-state index is 0.157. The molecule has 0 aromatic carbocycles. The molecule has 5 heteroatoms. The normalized spacial score (nSPS) is 15.5. The molecule has 0 atom stereocenters. The maximum absolute atomic E-state index is 11.8. The zero-order chi connectivity index (χ0) is 12.5. The van der Waals surface area contributed by atoms with Crippen molar-refractivity contribution in [3.63, 3.8) is 0 Å². The Morgan fingerprint density at radius 1 is 1.24 bits per heavy atom. The van der Waals surface area contributed by atoms with Crippen molar-refractivity contribution in [2.75, 3.05) is 26.2 Å². The van der Waals surface area contributed by atoms with Gasteiger partial charge in [-0.25, -0.2) is 0 Å². The lowest BCUT2D eigenvalue weighted by Gasteiger charge is -2.27. The van der Waals surface area contributed by atoms with Crippen LogP contribution in [0.3, 0.4) is 0 Å². The maximum Gasteiger partial charge on any atom is 0.241 e. The molecular formula is C12H23N3OS. The van der Waals surface area contributed by atoms with Crippen molar-refractivity contribution in [3.8, 4) is 0 Å². The van der Waals surface area contributed by atoms with E-state index in [9.17, 15) is 4.79 Å². The Balaban J connectivity index is 2.11. The minimum absolute atomic E-state index is 0.157. The van der Waals surface area contributed by atoms with Crippen LogP contribution in [0, 0.1) is 0 Å². The van der Waals surface area contributed by atoms with E-state index in [4.69, 9.17) is 12.2 Å². The van der Waals surface area contributed by atoms with Crippen LogP contribution in [0.1, 0.15) is 39.0 Å². The molecule has 1 amide bonds. The molecule has 1 fully saturated rings. The molecule has 0 spiro atoms. The highest BCUT2D eigenvalue weighted by molar-refractivity contribution is 7.80. The number of nitrogens with zero attached hydrogens (tertiary/aromatic N) is 1. The summed E-state index contributed by atoms with van der Waals surface area (Å²) in [4.78, 5) is 13.7. The highest BCUT2D eigenvalue weighted by Gasteiger charge is 2.15. The number of amides is 1. The third kappa shape index (κ3) is 5.86. The molecule has 4 nitrogen and oxygen atoms in total. The van der Waals surface area contributed by atoms with Crippen molar-refractivity contribution in [1.29, 1.82) is 0 Å². The molecule has 0 aromatic heterocycles. The maximum atomic E-state index is 11.8. The monoisotopic (exact) mass is 257 g/mol. The zero-order valence-electron chi connectivity index (χ0n) is 10.6. The summed E-state index contributed by atoms with van der Waals surface area (Å²) in [6, 6.07) is 0. The Labute approximate surface area is 109 Å². The Hall–Kier alpha value is -0.840. The van der Waals surface area contributed by atoms with Crippen molar-refractivity contribution in [2.24, 2.45) is 0 Å². The van der Waals surface area contributed by atoms with E-state index in [0.29, 0.717) is 11.7 Å². The van der Waals surface area contributed by atoms with Crippen LogP contribution in [0.5, 0.6) is 0 Å². The van der Waals surface area contributed by atoms with Gasteiger partial charge in [-0.3, -0.25) is 4.79 Å². The number of hydrogen-bond acceptors (Lipinski definition) is 2. The number of carbonyl (C=O) groups is 1. The smallest absolute Gasteiger partial charge is 0.241 e. The van der Waals surface area contributed by atoms with Crippen molar-refractivity contribution < 1.29 is 4.79 Å². The molecule has 1 aliphatic rings. The van der Waals surface area contributed by atoms with Gasteiger partial charge in [-0.2, -0.15) is 0 Å². The van der Waals surface area contributed by atoms with E-state index in [1.54, 1.807) is 0 Å². The van der Waals surface area contributed by atoms with Crippen LogP contribution in [-0.2, 0) is 4.79 Å². The molecule has 1 rings (SSSR count). The largest absolute Gasteiger partial charge is 0.363 e. The summed E-state index contributed by atoms with van der Waals surface area (Å²) < 4.78 is 0. The number of unbranched alkanes of at least 4 members (excludes halogenated alkanes) is 1. The number of nitrogens with one attached hydrogen (secondary N) is 2. The number of hydrogen-bond donors (Lipinski definition) is 2. The van der Waals surface area contributed by atoms with Crippen molar-refractivity contribution >= 4 is 23.2 Å². The van der Waals surface area contributed by atoms with Gasteiger partial charge in [-0.1, -0.05) is 13.3 Å². The summed E-state index contributed by atoms with van der Waals surface area (Å²) in [5, 5.41) is 6.65. The van der Waals surface area contributed by atoms with Gasteiger partial charge in [0.15, 0.2) is 5.11 Å². The second kappa shape index (κ2) is 8.28. The van der Waals surface area contributed by atoms with E-state index in [0.717, 1.165) is 45.3 Å². The van der Waals surface area contributed by atoms with E-state index in [1.165, 1.54) is 6.42 Å². The standard InChI is InChI=1S/C12H23N3OS/c1-2-3-7-13-12(17)14-10-11(16)15-8-5-4-6-9-15/h2-10H2,1H3,(H2,13,14,17). The van der Waals surface area contributed by atoms with Gasteiger partial charge in [-0.05, 0) is 37.9 Å². The number of likely N-dealkylation sites (tertiary alicyclic amines) is 1. The topological polar surface area (TPSA) is 44.4 Å². The lowest BCUT2D eigenvalue weighted by Crippen LogP contribution is -2.45. The average molecular weight is 257 g/mol. The molecule has 0 bridgehead atoms. The van der Waals surface area contributed by atoms with Crippen LogP contribution in [0.4, 0.5) is 0 Å². The van der Waals surface area contributed by atoms with Crippen molar-refractivity contribution in [1.82, 2.24) is 15.5 Å². The summed E-state index contributed by atoms with van der Waals surface area (Å²) in [7, 11) is 0. The van der Waals surface area contributed by atoms with Gasteiger partial charge < -0.3 is 15.5 Å². The SMILES string of the molecule is CCCCNC(=S)NCC(=O)N1CCCCC1. The summed E-state index contributed by atoms with van der Waals surface area (Å²) in [6.45, 7) is 5.13. The Kier molecular flexibility index (Phi) is 6.93. The van der Waals surface area contributed by atoms with E-state index >= 15 is 0 Å². The van der Waals surface area contributed by atoms with Gasteiger partial charge in [0.25, 0.3) is 0 Å². The van der Waals surface area contributed by atoms with E-state index in [-0.39, 0.29) is 5.91 Å². The molecular weight excluding hydrogens is 234 g/mol. The number of rotatable bonds is 5. The second-order valence-corrected chi connectivity index (χ2v) is 4.81. The highest BCUT2D eigenvalue weighted by Crippen LogP contribution is 2.07. The van der Waals surface area contributed by atoms with Crippen LogP contribution in [0.25, 0.3) is 0 Å². The molecule has 0 aromatic rings. The first-order valence-electron chi connectivity index (χ1n) is 6.53. The van der Waals surface area contributed by atoms with Crippen molar-refractivity contribution in [2.45, 2.75) is 39.0 Å². The first-order chi connectivity index (χ1) is 8.24. The fourth-order valence-corrected chi connectivity index (χ4v) is 2.03. The van der Waals surface area contributed by atoms with Gasteiger partial charge >= 0.3 is 0 Å². The molecule has 1 heterocycles. The molecule has 1 aliphatic heterocycles. The molecule has 0 unspecified atom stereocenters. The predicted molar refractivity (Wildman–Crippen MR) is 73.9 cm³/mol. The number of piperidine rings is 1. The van der Waals surface area contributed by atoms with E-state index < -0.39 is 0 Å². The Bertz CT molecular complexity index is 252. The van der Waals surface area contributed by atoms with Gasteiger partial charge in [0, 0.05) is 19.6 Å². The third-order valence-electron chi connectivity index (χ3n) is 2.92. The summed E-state index contributed by atoms with van der Waals surface area (Å²) in [5.41, 5.74) is 0. The first-order valence-corrected chi connectivity index (χ1v) is 6.94. The fourth-order valence-electron chi connectivity index (χ4n) is 1.85. The lowest BCUT2D eigenvalue weighted by molar-refractivity contribution is -0.130. The average Bonchev–Trinajstić information content (AvgIpc) is 2.37. The van der Waals surface area contributed by atoms with Gasteiger partial charge in [0.1, 0.15) is 0 Å². The quantitative estimate of drug-likeness (QED) is 0.575. The number of carbonyl (C=O) groups excluding carboxylic acids is 1. The second-order valence-electron chi connectivity index (χ2n) is 4.40. The fraction of sp³-hybridized carbons (Fsp3) is 0.833. The van der Waals surface area contributed by atoms with Crippen LogP contribution in [0.15, 0.2) is 0 Å². The van der Waals surface area contributed by atoms with Gasteiger partial charge in [0.2, 0.25) is 5.91 Å². The molecule has 1 saturated heterocycles. The number of thiocarbonyl (C=S) groups is 1. The van der Waals surface area contributed by atoms with Crippen LogP contribution in [0.2, 0.25) is 0 Å². The van der Waals surface area contributed by atoms with Crippen molar-refractivity contribution in [3.05, 3.63) is 0 Å². The molecule has 0 saturated carbocycles. The molecule has 0 aliphatic carbocycles. The van der Waals surface area contributed by atoms with Crippen LogP contribution >= 0.6 is 12.2 Å². The third-order valence-corrected chi connectivity index (χ3v) is 3.21. The van der Waals surface area contributed by atoms with Crippen LogP contribution < -0.4 is 10.6 Å². The van der Waals surface area contributed by atoms with Gasteiger partial charge in [-0.15, -0.1) is 0 Å². The van der Waals surface area contributed by atoms with E-state index in [2.05, 4.69) is 17.6 Å². The Morgan fingerprint density at radius 3 is 2.59 bits per heavy atom. The Morgan fingerprint density at radius 2 is 1.94 bits per heavy atom. The first kappa shape index (κ1) is 14.2. The minimum Gasteiger partial charge on any atom is -0.363 e. The molecule has 98 valence electrons. The summed E-state index contributed by atoms with van der Waals surface area (Å²) in [5.74, 6) is 0.157. The van der Waals surface area contributed by atoms with Crippen LogP contribution in [-0.4, -0.2) is 42.1 Å². The zero-order valence-corrected chi connectivity index (χ0v) is 11.4. The van der Waals surface area contributed by atoms with Gasteiger partial charge in [0.05, 0.1) is 6.54 Å². The molecule has 0 radical (unpaired) electrons. The summed E-state index contributed by atoms with van der Waals surface area (Å²) in [6.07, 6.45) is 5.74. The lowest BCUT2D eigenvalue weighted by atomic mass is 10.1.